The largest absolute Gasteiger partial charge is 0.458 e. The van der Waals surface area contributed by atoms with Crippen LogP contribution in [0.5, 0.6) is 0 Å². The van der Waals surface area contributed by atoms with Crippen molar-refractivity contribution in [2.24, 2.45) is 0 Å². The maximum absolute atomic E-state index is 12.9. The Morgan fingerprint density at radius 3 is 2.41 bits per heavy atom. The van der Waals surface area contributed by atoms with Gasteiger partial charge in [0.05, 0.1) is 0 Å². The number of carbonyl (C=O) groups is 2. The molecule has 1 heterocycles. The number of Topliss-reactive ketones (excluding diaryl/α,β-unsaturated/α-hetero) is 1. The summed E-state index contributed by atoms with van der Waals surface area (Å²) in [6.07, 6.45) is 6.55. The first-order chi connectivity index (χ1) is 13.9. The average molecular weight is 395 g/mol. The van der Waals surface area contributed by atoms with E-state index in [9.17, 15) is 9.59 Å². The third kappa shape index (κ3) is 3.96. The minimum atomic E-state index is -0.316. The van der Waals surface area contributed by atoms with Crippen LogP contribution in [0.15, 0.2) is 24.3 Å². The number of H-pyrrole nitrogens is 1. The normalized spacial score (nSPS) is 19.7. The molecule has 5 heteroatoms. The minimum Gasteiger partial charge on any atom is -0.458 e. The number of aromatic nitrogens is 1. The lowest BCUT2D eigenvalue weighted by Crippen LogP contribution is -2.21. The van der Waals surface area contributed by atoms with Crippen LogP contribution in [0.1, 0.15) is 82.1 Å². The van der Waals surface area contributed by atoms with Crippen molar-refractivity contribution in [2.75, 3.05) is 19.0 Å². The van der Waals surface area contributed by atoms with Gasteiger partial charge in [0.1, 0.15) is 11.8 Å². The summed E-state index contributed by atoms with van der Waals surface area (Å²) in [7, 11) is 4.03. The Balaban J connectivity index is 1.54. The smallest absolute Gasteiger partial charge is 0.355 e. The van der Waals surface area contributed by atoms with E-state index in [1.54, 1.807) is 0 Å². The molecule has 0 saturated heterocycles. The van der Waals surface area contributed by atoms with Crippen molar-refractivity contribution in [1.82, 2.24) is 4.98 Å². The number of fused-ring (bicyclic) bond motifs is 1. The van der Waals surface area contributed by atoms with Crippen LogP contribution in [-0.4, -0.2) is 36.9 Å². The summed E-state index contributed by atoms with van der Waals surface area (Å²) >= 11 is 0. The Labute approximate surface area is 172 Å². The van der Waals surface area contributed by atoms with E-state index < -0.39 is 0 Å². The highest BCUT2D eigenvalue weighted by atomic mass is 16.5. The summed E-state index contributed by atoms with van der Waals surface area (Å²) in [6.45, 7) is 1.86. The number of benzene rings is 1. The summed E-state index contributed by atoms with van der Waals surface area (Å²) in [5.74, 6) is -0.0756. The lowest BCUT2D eigenvalue weighted by Gasteiger charge is -2.23. The molecule has 0 aliphatic heterocycles. The number of rotatable bonds is 4. The molecule has 4 rings (SSSR count). The van der Waals surface area contributed by atoms with Gasteiger partial charge in [-0.25, -0.2) is 4.79 Å². The van der Waals surface area contributed by atoms with E-state index in [1.807, 2.05) is 21.0 Å². The summed E-state index contributed by atoms with van der Waals surface area (Å²) in [6, 6.07) is 8.38. The van der Waals surface area contributed by atoms with Crippen LogP contribution in [0, 0.1) is 6.92 Å². The lowest BCUT2D eigenvalue weighted by atomic mass is 9.81. The molecular formula is C24H30N2O3. The summed E-state index contributed by atoms with van der Waals surface area (Å²) in [4.78, 5) is 31.0. The predicted molar refractivity (Wildman–Crippen MR) is 114 cm³/mol. The van der Waals surface area contributed by atoms with Crippen molar-refractivity contribution in [3.63, 3.8) is 0 Å². The van der Waals surface area contributed by atoms with Gasteiger partial charge in [-0.3, -0.25) is 4.79 Å². The Bertz CT molecular complexity index is 905. The molecule has 5 nitrogen and oxygen atoms in total. The summed E-state index contributed by atoms with van der Waals surface area (Å²) < 4.78 is 5.73. The second kappa shape index (κ2) is 8.05. The molecule has 0 amide bonds. The van der Waals surface area contributed by atoms with E-state index in [4.69, 9.17) is 4.74 Å². The summed E-state index contributed by atoms with van der Waals surface area (Å²) in [5.41, 5.74) is 5.07. The first kappa shape index (κ1) is 19.7. The first-order valence-corrected chi connectivity index (χ1v) is 10.7. The predicted octanol–water partition coefficient (Wildman–Crippen LogP) is 4.79. The Morgan fingerprint density at radius 2 is 1.76 bits per heavy atom. The highest BCUT2D eigenvalue weighted by molar-refractivity contribution is 6.03. The number of ketones is 1. The van der Waals surface area contributed by atoms with E-state index >= 15 is 0 Å². The second-order valence-corrected chi connectivity index (χ2v) is 8.66. The zero-order valence-corrected chi connectivity index (χ0v) is 17.6. The van der Waals surface area contributed by atoms with E-state index in [1.165, 1.54) is 6.42 Å². The molecular weight excluding hydrogens is 364 g/mol. The van der Waals surface area contributed by atoms with Gasteiger partial charge in [0.15, 0.2) is 5.78 Å². The fourth-order valence-corrected chi connectivity index (χ4v) is 4.71. The second-order valence-electron chi connectivity index (χ2n) is 8.66. The molecule has 154 valence electrons. The molecule has 1 atom stereocenters. The number of esters is 1. The molecule has 0 bridgehead atoms. The minimum absolute atomic E-state index is 0.00893. The average Bonchev–Trinajstić information content (AvgIpc) is 3.06. The molecule has 2 aliphatic rings. The van der Waals surface area contributed by atoms with E-state index in [0.29, 0.717) is 17.7 Å². The number of anilines is 1. The van der Waals surface area contributed by atoms with Crippen molar-refractivity contribution < 1.29 is 14.3 Å². The van der Waals surface area contributed by atoms with Crippen LogP contribution in [-0.2, 0) is 11.2 Å². The van der Waals surface area contributed by atoms with Crippen LogP contribution in [0.3, 0.4) is 0 Å². The van der Waals surface area contributed by atoms with Gasteiger partial charge in [-0.2, -0.15) is 0 Å². The number of ether oxygens (including phenoxy) is 1. The highest BCUT2D eigenvalue weighted by Crippen LogP contribution is 2.36. The van der Waals surface area contributed by atoms with Crippen molar-refractivity contribution in [3.8, 4) is 0 Å². The van der Waals surface area contributed by atoms with Crippen molar-refractivity contribution in [1.29, 1.82) is 0 Å². The molecule has 1 fully saturated rings. The molecule has 1 unspecified atom stereocenters. The molecule has 1 saturated carbocycles. The third-order valence-corrected chi connectivity index (χ3v) is 6.40. The highest BCUT2D eigenvalue weighted by Gasteiger charge is 2.33. The van der Waals surface area contributed by atoms with Gasteiger partial charge in [0.2, 0.25) is 0 Å². The molecule has 2 aromatic rings. The third-order valence-electron chi connectivity index (χ3n) is 6.40. The van der Waals surface area contributed by atoms with Crippen LogP contribution in [0.25, 0.3) is 0 Å². The number of hydrogen-bond acceptors (Lipinski definition) is 4. The van der Waals surface area contributed by atoms with Crippen molar-refractivity contribution in [3.05, 3.63) is 52.3 Å². The number of nitrogens with zero attached hydrogens (tertiary/aromatic N) is 1. The molecule has 1 aromatic heterocycles. The fourth-order valence-electron chi connectivity index (χ4n) is 4.71. The van der Waals surface area contributed by atoms with Gasteiger partial charge in [0, 0.05) is 37.5 Å². The van der Waals surface area contributed by atoms with E-state index in [-0.39, 0.29) is 23.8 Å². The number of hydrogen-bond donors (Lipinski definition) is 1. The van der Waals surface area contributed by atoms with E-state index in [2.05, 4.69) is 34.1 Å². The Morgan fingerprint density at radius 1 is 1.07 bits per heavy atom. The molecule has 1 N–H and O–H groups in total. The fraction of sp³-hybridized carbons (Fsp3) is 0.500. The van der Waals surface area contributed by atoms with Gasteiger partial charge in [-0.15, -0.1) is 0 Å². The van der Waals surface area contributed by atoms with Crippen molar-refractivity contribution >= 4 is 17.4 Å². The molecule has 1 aromatic carbocycles. The monoisotopic (exact) mass is 394 g/mol. The van der Waals surface area contributed by atoms with Crippen molar-refractivity contribution in [2.45, 2.75) is 63.9 Å². The number of aromatic amines is 1. The lowest BCUT2D eigenvalue weighted by molar-refractivity contribution is 0.0204. The van der Waals surface area contributed by atoms with Gasteiger partial charge in [-0.1, -0.05) is 18.6 Å². The van der Waals surface area contributed by atoms with Gasteiger partial charge in [-0.05, 0) is 68.2 Å². The van der Waals surface area contributed by atoms with Gasteiger partial charge in [0.25, 0.3) is 0 Å². The van der Waals surface area contributed by atoms with Gasteiger partial charge >= 0.3 is 5.97 Å². The molecule has 2 aliphatic carbocycles. The standard InChI is InChI=1S/C24H30N2O3/c1-15-22-20(25-23(15)24(28)29-19-7-5-4-6-8-19)13-17(14-21(22)27)16-9-11-18(12-10-16)26(2)3/h9-12,17,19,25H,4-8,13-14H2,1-3H3. The maximum Gasteiger partial charge on any atom is 0.355 e. The molecule has 29 heavy (non-hydrogen) atoms. The van der Waals surface area contributed by atoms with Crippen LogP contribution in [0.2, 0.25) is 0 Å². The SMILES string of the molecule is Cc1c(C(=O)OC2CCCCC2)[nH]c2c1C(=O)CC(c1ccc(N(C)C)cc1)C2. The zero-order chi connectivity index (χ0) is 20.5. The maximum atomic E-state index is 12.9. The first-order valence-electron chi connectivity index (χ1n) is 10.7. The van der Waals surface area contributed by atoms with Gasteiger partial charge < -0.3 is 14.6 Å². The summed E-state index contributed by atoms with van der Waals surface area (Å²) in [5, 5.41) is 0. The number of nitrogens with one attached hydrogen (secondary N) is 1. The molecule has 0 radical (unpaired) electrons. The van der Waals surface area contributed by atoms with Crippen LogP contribution < -0.4 is 4.90 Å². The Hall–Kier alpha value is -2.56. The molecule has 0 spiro atoms. The van der Waals surface area contributed by atoms with Crippen LogP contribution >= 0.6 is 0 Å². The topological polar surface area (TPSA) is 62.4 Å². The quantitative estimate of drug-likeness (QED) is 0.757. The van der Waals surface area contributed by atoms with Crippen LogP contribution in [0.4, 0.5) is 5.69 Å². The van der Waals surface area contributed by atoms with E-state index in [0.717, 1.165) is 54.6 Å². The zero-order valence-electron chi connectivity index (χ0n) is 17.6. The Kier molecular flexibility index (Phi) is 5.48. The number of carbonyl (C=O) groups excluding carboxylic acids is 2.